The van der Waals surface area contributed by atoms with Gasteiger partial charge in [0, 0.05) is 0 Å². The van der Waals surface area contributed by atoms with Gasteiger partial charge in [0.05, 0.1) is 6.61 Å². The second-order valence-corrected chi connectivity index (χ2v) is 4.99. The lowest BCUT2D eigenvalue weighted by molar-refractivity contribution is 0.269. The predicted molar refractivity (Wildman–Crippen MR) is 69.4 cm³/mol. The zero-order chi connectivity index (χ0) is 11.9. The maximum atomic E-state index is 9.14. The number of hydrogen-bond acceptors (Lipinski definition) is 2. The van der Waals surface area contributed by atoms with Crippen LogP contribution in [0, 0.1) is 5.92 Å². The summed E-state index contributed by atoms with van der Waals surface area (Å²) in [7, 11) is 0. The molecule has 1 aliphatic carbocycles. The van der Waals surface area contributed by atoms with Crippen LogP contribution in [0.25, 0.3) is 0 Å². The average molecular weight is 234 g/mol. The van der Waals surface area contributed by atoms with E-state index < -0.39 is 0 Å². The van der Waals surface area contributed by atoms with E-state index in [1.165, 1.54) is 38.5 Å². The van der Waals surface area contributed by atoms with E-state index in [0.29, 0.717) is 5.75 Å². The van der Waals surface area contributed by atoms with Crippen molar-refractivity contribution < 1.29 is 9.84 Å². The summed E-state index contributed by atoms with van der Waals surface area (Å²) in [6.07, 6.45) is 9.55. The molecule has 2 heteroatoms. The lowest BCUT2D eigenvalue weighted by Crippen LogP contribution is -2.08. The highest BCUT2D eigenvalue weighted by Gasteiger charge is 2.12. The minimum Gasteiger partial charge on any atom is -0.508 e. The highest BCUT2D eigenvalue weighted by atomic mass is 16.5. The number of ether oxygens (including phenoxy) is 1. The maximum Gasteiger partial charge on any atom is 0.119 e. The number of phenolic OH excluding ortho intramolecular Hbond substituents is 1. The fourth-order valence-corrected chi connectivity index (χ4v) is 2.58. The van der Waals surface area contributed by atoms with E-state index in [1.807, 2.05) is 12.1 Å². The number of benzene rings is 1. The maximum absolute atomic E-state index is 9.14. The lowest BCUT2D eigenvalue weighted by Gasteiger charge is -2.21. The Morgan fingerprint density at radius 1 is 1.06 bits per heavy atom. The first-order chi connectivity index (χ1) is 8.34. The molecule has 0 radical (unpaired) electrons. The van der Waals surface area contributed by atoms with E-state index in [4.69, 9.17) is 9.84 Å². The number of phenols is 1. The van der Waals surface area contributed by atoms with Crippen molar-refractivity contribution in [1.82, 2.24) is 0 Å². The monoisotopic (exact) mass is 234 g/mol. The van der Waals surface area contributed by atoms with Gasteiger partial charge in [0.15, 0.2) is 0 Å². The molecule has 1 aromatic carbocycles. The molecule has 0 saturated heterocycles. The minimum atomic E-state index is 0.291. The molecule has 1 fully saturated rings. The van der Waals surface area contributed by atoms with Crippen molar-refractivity contribution >= 4 is 0 Å². The van der Waals surface area contributed by atoms with Gasteiger partial charge >= 0.3 is 0 Å². The van der Waals surface area contributed by atoms with Crippen LogP contribution in [-0.4, -0.2) is 11.7 Å². The molecule has 2 nitrogen and oxygen atoms in total. The van der Waals surface area contributed by atoms with Crippen LogP contribution in [-0.2, 0) is 0 Å². The van der Waals surface area contributed by atoms with Crippen molar-refractivity contribution in [3.63, 3.8) is 0 Å². The normalized spacial score (nSPS) is 16.9. The van der Waals surface area contributed by atoms with Crippen LogP contribution in [0.4, 0.5) is 0 Å². The topological polar surface area (TPSA) is 29.5 Å². The van der Waals surface area contributed by atoms with Gasteiger partial charge in [0.1, 0.15) is 11.5 Å². The fourth-order valence-electron chi connectivity index (χ4n) is 2.58. The molecule has 0 aromatic heterocycles. The number of aromatic hydroxyl groups is 1. The molecule has 94 valence electrons. The van der Waals surface area contributed by atoms with E-state index in [2.05, 4.69) is 0 Å². The third-order valence-corrected chi connectivity index (χ3v) is 3.59. The van der Waals surface area contributed by atoms with E-state index in [1.54, 1.807) is 12.1 Å². The lowest BCUT2D eigenvalue weighted by atomic mass is 9.86. The molecule has 1 saturated carbocycles. The summed E-state index contributed by atoms with van der Waals surface area (Å²) >= 11 is 0. The summed E-state index contributed by atoms with van der Waals surface area (Å²) in [4.78, 5) is 0. The molecular formula is C15H22O2. The van der Waals surface area contributed by atoms with Crippen LogP contribution < -0.4 is 4.74 Å². The second-order valence-electron chi connectivity index (χ2n) is 4.99. The Labute approximate surface area is 104 Å². The van der Waals surface area contributed by atoms with Crippen molar-refractivity contribution in [2.45, 2.75) is 44.9 Å². The molecule has 17 heavy (non-hydrogen) atoms. The Bertz CT molecular complexity index is 312. The van der Waals surface area contributed by atoms with Gasteiger partial charge in [-0.05, 0) is 43.0 Å². The Balaban J connectivity index is 1.60. The van der Waals surface area contributed by atoms with Gasteiger partial charge in [-0.25, -0.2) is 0 Å². The van der Waals surface area contributed by atoms with E-state index in [-0.39, 0.29) is 0 Å². The van der Waals surface area contributed by atoms with E-state index in [9.17, 15) is 0 Å². The highest BCUT2D eigenvalue weighted by Crippen LogP contribution is 2.27. The van der Waals surface area contributed by atoms with Crippen molar-refractivity contribution in [2.24, 2.45) is 5.92 Å². The molecule has 1 N–H and O–H groups in total. The number of rotatable bonds is 5. The first-order valence-electron chi connectivity index (χ1n) is 6.76. The summed E-state index contributed by atoms with van der Waals surface area (Å²) < 4.78 is 5.64. The van der Waals surface area contributed by atoms with Gasteiger partial charge < -0.3 is 9.84 Å². The summed E-state index contributed by atoms with van der Waals surface area (Å²) in [5.74, 6) is 2.08. The molecule has 1 aliphatic rings. The van der Waals surface area contributed by atoms with Crippen LogP contribution in [0.1, 0.15) is 44.9 Å². The minimum absolute atomic E-state index is 0.291. The fraction of sp³-hybridized carbons (Fsp3) is 0.600. The summed E-state index contributed by atoms with van der Waals surface area (Å²) in [6, 6.07) is 6.96. The van der Waals surface area contributed by atoms with Crippen molar-refractivity contribution in [2.75, 3.05) is 6.61 Å². The standard InChI is InChI=1S/C15H22O2/c16-14-8-10-15(11-9-14)17-12-4-7-13-5-2-1-3-6-13/h8-11,13,16H,1-7,12H2. The smallest absolute Gasteiger partial charge is 0.119 e. The highest BCUT2D eigenvalue weighted by molar-refractivity contribution is 5.29. The first-order valence-corrected chi connectivity index (χ1v) is 6.76. The Morgan fingerprint density at radius 2 is 1.76 bits per heavy atom. The van der Waals surface area contributed by atoms with E-state index in [0.717, 1.165) is 24.7 Å². The zero-order valence-electron chi connectivity index (χ0n) is 10.4. The van der Waals surface area contributed by atoms with Crippen molar-refractivity contribution in [1.29, 1.82) is 0 Å². The van der Waals surface area contributed by atoms with Crippen LogP contribution >= 0.6 is 0 Å². The average Bonchev–Trinajstić information content (AvgIpc) is 2.38. The summed E-state index contributed by atoms with van der Waals surface area (Å²) in [6.45, 7) is 0.793. The SMILES string of the molecule is Oc1ccc(OCCCC2CCCCC2)cc1. The third kappa shape index (κ3) is 4.29. The molecular weight excluding hydrogens is 212 g/mol. The Morgan fingerprint density at radius 3 is 2.47 bits per heavy atom. The Kier molecular flexibility index (Phi) is 4.72. The molecule has 0 bridgehead atoms. The molecule has 0 atom stereocenters. The summed E-state index contributed by atoms with van der Waals surface area (Å²) in [5, 5.41) is 9.14. The van der Waals surface area contributed by atoms with Crippen LogP contribution in [0.5, 0.6) is 11.5 Å². The largest absolute Gasteiger partial charge is 0.508 e. The van der Waals surface area contributed by atoms with Crippen LogP contribution in [0.15, 0.2) is 24.3 Å². The second kappa shape index (κ2) is 6.53. The molecule has 0 aliphatic heterocycles. The van der Waals surface area contributed by atoms with Crippen LogP contribution in [0.2, 0.25) is 0 Å². The molecule has 0 heterocycles. The van der Waals surface area contributed by atoms with Crippen LogP contribution in [0.3, 0.4) is 0 Å². The number of hydrogen-bond donors (Lipinski definition) is 1. The van der Waals surface area contributed by atoms with Gasteiger partial charge in [0.2, 0.25) is 0 Å². The van der Waals surface area contributed by atoms with Gasteiger partial charge in [0.25, 0.3) is 0 Å². The molecule has 0 spiro atoms. The van der Waals surface area contributed by atoms with Gasteiger partial charge in [-0.2, -0.15) is 0 Å². The summed E-state index contributed by atoms with van der Waals surface area (Å²) in [5.41, 5.74) is 0. The van der Waals surface area contributed by atoms with Crippen molar-refractivity contribution in [3.8, 4) is 11.5 Å². The third-order valence-electron chi connectivity index (χ3n) is 3.59. The molecule has 1 aromatic rings. The van der Waals surface area contributed by atoms with E-state index >= 15 is 0 Å². The van der Waals surface area contributed by atoms with Gasteiger partial charge in [-0.1, -0.05) is 32.1 Å². The first kappa shape index (κ1) is 12.3. The van der Waals surface area contributed by atoms with Crippen molar-refractivity contribution in [3.05, 3.63) is 24.3 Å². The Hall–Kier alpha value is -1.18. The molecule has 0 amide bonds. The quantitative estimate of drug-likeness (QED) is 0.776. The zero-order valence-corrected chi connectivity index (χ0v) is 10.4. The molecule has 0 unspecified atom stereocenters. The van der Waals surface area contributed by atoms with Gasteiger partial charge in [-0.3, -0.25) is 0 Å². The molecule has 2 rings (SSSR count). The predicted octanol–water partition coefficient (Wildman–Crippen LogP) is 4.13. The van der Waals surface area contributed by atoms with Gasteiger partial charge in [-0.15, -0.1) is 0 Å².